The molecule has 0 saturated heterocycles. The van der Waals surface area contributed by atoms with Crippen LogP contribution >= 0.6 is 0 Å². The molecular weight excluding hydrogens is 114 g/mol. The van der Waals surface area contributed by atoms with Crippen molar-refractivity contribution in [3.63, 3.8) is 0 Å². The summed E-state index contributed by atoms with van der Waals surface area (Å²) in [6.45, 7) is 5.23. The molecular formula is C4H12BLiO3. The van der Waals surface area contributed by atoms with Crippen molar-refractivity contribution in [2.24, 2.45) is 0 Å². The van der Waals surface area contributed by atoms with Gasteiger partial charge in [0.25, 0.3) is 0 Å². The molecule has 0 aliphatic carbocycles. The van der Waals surface area contributed by atoms with Gasteiger partial charge in [-0.25, -0.2) is 0 Å². The molecule has 0 aromatic heterocycles. The van der Waals surface area contributed by atoms with Crippen molar-refractivity contribution in [1.29, 1.82) is 0 Å². The van der Waals surface area contributed by atoms with E-state index in [0.29, 0.717) is 0 Å². The molecule has 5 heteroatoms. The first-order valence-corrected chi connectivity index (χ1v) is 2.46. The van der Waals surface area contributed by atoms with Crippen molar-refractivity contribution in [2.75, 3.05) is 0 Å². The first-order valence-electron chi connectivity index (χ1n) is 2.46. The zero-order chi connectivity index (χ0) is 6.78. The number of rotatable bonds is 1. The van der Waals surface area contributed by atoms with Crippen molar-refractivity contribution in [3.05, 3.63) is 0 Å². The summed E-state index contributed by atoms with van der Waals surface area (Å²) in [5, 5.41) is 16.4. The smallest absolute Gasteiger partial charge is 1.00 e. The summed E-state index contributed by atoms with van der Waals surface area (Å²) in [7, 11) is -1.66. The van der Waals surface area contributed by atoms with Crippen LogP contribution in [0, 0.1) is 0 Å². The van der Waals surface area contributed by atoms with Gasteiger partial charge in [-0.2, -0.15) is 0 Å². The van der Waals surface area contributed by atoms with Gasteiger partial charge in [0.2, 0.25) is 0 Å². The van der Waals surface area contributed by atoms with Crippen molar-refractivity contribution in [3.8, 4) is 0 Å². The zero-order valence-corrected chi connectivity index (χ0v) is 6.38. The molecule has 3 nitrogen and oxygen atoms in total. The standard InChI is InChI=1S/C4H11BO3.Li.H/c1-4(2,3)8-5(6)7;;/h6-7H,1-3H3;;/q;+1;-1. The molecule has 0 saturated carbocycles. The van der Waals surface area contributed by atoms with Gasteiger partial charge in [-0.3, -0.25) is 0 Å². The summed E-state index contributed by atoms with van der Waals surface area (Å²) in [6, 6.07) is 0. The Bertz CT molecular complexity index is 75.4. The van der Waals surface area contributed by atoms with Crippen LogP contribution in [-0.4, -0.2) is 23.0 Å². The SMILES string of the molecule is CC(C)(C)OB(O)O.[H-].[Li+]. The summed E-state index contributed by atoms with van der Waals surface area (Å²) in [6.07, 6.45) is 0. The Morgan fingerprint density at radius 2 is 1.67 bits per heavy atom. The van der Waals surface area contributed by atoms with Crippen molar-refractivity contribution in [1.82, 2.24) is 0 Å². The molecule has 0 amide bonds. The van der Waals surface area contributed by atoms with Crippen LogP contribution in [0.4, 0.5) is 0 Å². The molecule has 0 aliphatic rings. The second-order valence-corrected chi connectivity index (χ2v) is 2.56. The molecule has 2 N–H and O–H groups in total. The minimum Gasteiger partial charge on any atom is -1.00 e. The van der Waals surface area contributed by atoms with E-state index in [4.69, 9.17) is 10.0 Å². The van der Waals surface area contributed by atoms with Crippen LogP contribution in [0.5, 0.6) is 0 Å². The van der Waals surface area contributed by atoms with Crippen LogP contribution < -0.4 is 18.9 Å². The van der Waals surface area contributed by atoms with Gasteiger partial charge in [0, 0.05) is 5.60 Å². The normalized spacial score (nSPS) is 10.3. The van der Waals surface area contributed by atoms with Crippen LogP contribution in [0.15, 0.2) is 0 Å². The van der Waals surface area contributed by atoms with Gasteiger partial charge in [-0.15, -0.1) is 0 Å². The Morgan fingerprint density at radius 3 is 1.67 bits per heavy atom. The van der Waals surface area contributed by atoms with Crippen LogP contribution in [0.25, 0.3) is 0 Å². The van der Waals surface area contributed by atoms with E-state index >= 15 is 0 Å². The van der Waals surface area contributed by atoms with E-state index in [1.165, 1.54) is 0 Å². The second kappa shape index (κ2) is 4.37. The summed E-state index contributed by atoms with van der Waals surface area (Å²) in [5.74, 6) is 0. The average molecular weight is 126 g/mol. The molecule has 0 aliphatic heterocycles. The van der Waals surface area contributed by atoms with Crippen molar-refractivity contribution in [2.45, 2.75) is 26.4 Å². The maximum absolute atomic E-state index is 8.22. The third-order valence-electron chi connectivity index (χ3n) is 0.459. The minimum absolute atomic E-state index is 0. The Morgan fingerprint density at radius 1 is 1.33 bits per heavy atom. The van der Waals surface area contributed by atoms with Crippen LogP contribution in [-0.2, 0) is 4.65 Å². The van der Waals surface area contributed by atoms with E-state index in [1.54, 1.807) is 20.8 Å². The molecule has 0 aromatic rings. The Labute approximate surface area is 69.2 Å². The van der Waals surface area contributed by atoms with E-state index < -0.39 is 12.9 Å². The molecule has 0 spiro atoms. The van der Waals surface area contributed by atoms with Crippen molar-refractivity contribution < 1.29 is 35.0 Å². The summed E-state index contributed by atoms with van der Waals surface area (Å²) >= 11 is 0. The fourth-order valence-electron chi connectivity index (χ4n) is 0.316. The summed E-state index contributed by atoms with van der Waals surface area (Å²) in [5.41, 5.74) is -0.478. The van der Waals surface area contributed by atoms with Gasteiger partial charge in [0.15, 0.2) is 0 Å². The molecule has 0 bridgehead atoms. The van der Waals surface area contributed by atoms with Crippen molar-refractivity contribution >= 4 is 7.32 Å². The largest absolute Gasteiger partial charge is 1.00 e. The molecule has 0 fully saturated rings. The van der Waals surface area contributed by atoms with Crippen LogP contribution in [0.1, 0.15) is 22.2 Å². The first kappa shape index (κ1) is 12.2. The summed E-state index contributed by atoms with van der Waals surface area (Å²) in [4.78, 5) is 0. The topological polar surface area (TPSA) is 49.7 Å². The van der Waals surface area contributed by atoms with E-state index in [2.05, 4.69) is 4.65 Å². The Balaban J connectivity index is -0.000000245. The van der Waals surface area contributed by atoms with E-state index in [-0.39, 0.29) is 20.3 Å². The number of hydrogen-bond acceptors (Lipinski definition) is 3. The second-order valence-electron chi connectivity index (χ2n) is 2.56. The van der Waals surface area contributed by atoms with Gasteiger partial charge in [-0.1, -0.05) is 0 Å². The molecule has 50 valence electrons. The maximum Gasteiger partial charge on any atom is 1.00 e. The predicted octanol–water partition coefficient (Wildman–Crippen LogP) is -3.11. The van der Waals surface area contributed by atoms with Gasteiger partial charge in [0.05, 0.1) is 0 Å². The monoisotopic (exact) mass is 126 g/mol. The molecule has 0 radical (unpaired) electrons. The maximum atomic E-state index is 8.22. The van der Waals surface area contributed by atoms with Gasteiger partial charge < -0.3 is 16.1 Å². The van der Waals surface area contributed by atoms with E-state index in [0.717, 1.165) is 0 Å². The van der Waals surface area contributed by atoms with Gasteiger partial charge in [0.1, 0.15) is 0 Å². The zero-order valence-electron chi connectivity index (χ0n) is 7.38. The molecule has 0 atom stereocenters. The fraction of sp³-hybridized carbons (Fsp3) is 1.00. The fourth-order valence-corrected chi connectivity index (χ4v) is 0.316. The minimum atomic E-state index is -1.66. The molecule has 0 unspecified atom stereocenters. The van der Waals surface area contributed by atoms with Gasteiger partial charge >= 0.3 is 26.2 Å². The van der Waals surface area contributed by atoms with Gasteiger partial charge in [-0.05, 0) is 20.8 Å². The Kier molecular flexibility index (Phi) is 5.95. The predicted molar refractivity (Wildman–Crippen MR) is 32.1 cm³/mol. The van der Waals surface area contributed by atoms with E-state index in [1.807, 2.05) is 0 Å². The molecule has 0 aromatic carbocycles. The average Bonchev–Trinajstić information content (AvgIpc) is 1.21. The van der Waals surface area contributed by atoms with E-state index in [9.17, 15) is 0 Å². The molecule has 0 heterocycles. The number of hydrogen-bond donors (Lipinski definition) is 2. The quantitative estimate of drug-likeness (QED) is 0.365. The summed E-state index contributed by atoms with van der Waals surface area (Å²) < 4.78 is 4.55. The first-order chi connectivity index (χ1) is 3.42. The third-order valence-corrected chi connectivity index (χ3v) is 0.459. The molecule has 0 rings (SSSR count). The third kappa shape index (κ3) is 11.9. The van der Waals surface area contributed by atoms with Crippen LogP contribution in [0.2, 0.25) is 0 Å². The Hall–Kier alpha value is 0.542. The molecule has 9 heavy (non-hydrogen) atoms. The van der Waals surface area contributed by atoms with Crippen LogP contribution in [0.3, 0.4) is 0 Å².